The van der Waals surface area contributed by atoms with E-state index < -0.39 is 30.0 Å². The highest BCUT2D eigenvalue weighted by Gasteiger charge is 2.24. The molecule has 128 valence electrons. The maximum atomic E-state index is 13.4. The molecule has 0 radical (unpaired) electrons. The molecule has 0 heterocycles. The minimum atomic E-state index is -1.44. The standard InChI is InChI=1S/C16H22FNO5/c1-3-4-8-23-16(21)18-13(10-14(19)15(20)22-2)11-6-5-7-12(17)9-11/h5-7,9,13-14,19H,3-4,8,10H2,1-2H3,(H,18,21). The van der Waals surface area contributed by atoms with Crippen molar-refractivity contribution in [3.8, 4) is 0 Å². The van der Waals surface area contributed by atoms with Crippen LogP contribution >= 0.6 is 0 Å². The van der Waals surface area contributed by atoms with Crippen LogP contribution in [0.25, 0.3) is 0 Å². The molecule has 0 aliphatic heterocycles. The fourth-order valence-electron chi connectivity index (χ4n) is 1.95. The Morgan fingerprint density at radius 1 is 1.39 bits per heavy atom. The Labute approximate surface area is 134 Å². The van der Waals surface area contributed by atoms with Gasteiger partial charge >= 0.3 is 12.1 Å². The van der Waals surface area contributed by atoms with Crippen molar-refractivity contribution in [3.63, 3.8) is 0 Å². The fraction of sp³-hybridized carbons (Fsp3) is 0.500. The van der Waals surface area contributed by atoms with Crippen LogP contribution < -0.4 is 5.32 Å². The van der Waals surface area contributed by atoms with Gasteiger partial charge in [-0.25, -0.2) is 14.0 Å². The number of amides is 1. The number of esters is 1. The zero-order valence-electron chi connectivity index (χ0n) is 13.3. The van der Waals surface area contributed by atoms with E-state index >= 15 is 0 Å². The highest BCUT2D eigenvalue weighted by atomic mass is 19.1. The van der Waals surface area contributed by atoms with Gasteiger partial charge in [0.05, 0.1) is 19.8 Å². The van der Waals surface area contributed by atoms with Crippen LogP contribution in [0.4, 0.5) is 9.18 Å². The van der Waals surface area contributed by atoms with Gasteiger partial charge in [0.25, 0.3) is 0 Å². The van der Waals surface area contributed by atoms with Crippen LogP contribution in [0, 0.1) is 5.82 Å². The molecule has 0 aromatic heterocycles. The van der Waals surface area contributed by atoms with E-state index in [0.717, 1.165) is 20.0 Å². The summed E-state index contributed by atoms with van der Waals surface area (Å²) in [6.07, 6.45) is -0.683. The first-order chi connectivity index (χ1) is 11.0. The molecular formula is C16H22FNO5. The molecule has 1 aromatic carbocycles. The first-order valence-electron chi connectivity index (χ1n) is 7.42. The van der Waals surface area contributed by atoms with Crippen LogP contribution in [0.5, 0.6) is 0 Å². The van der Waals surface area contributed by atoms with Gasteiger partial charge in [0.1, 0.15) is 5.82 Å². The van der Waals surface area contributed by atoms with Gasteiger partial charge in [0, 0.05) is 6.42 Å². The highest BCUT2D eigenvalue weighted by Crippen LogP contribution is 2.20. The van der Waals surface area contributed by atoms with Crippen LogP contribution in [0.2, 0.25) is 0 Å². The van der Waals surface area contributed by atoms with Gasteiger partial charge in [-0.2, -0.15) is 0 Å². The number of carbonyl (C=O) groups excluding carboxylic acids is 2. The molecule has 23 heavy (non-hydrogen) atoms. The summed E-state index contributed by atoms with van der Waals surface area (Å²) in [6.45, 7) is 2.22. The van der Waals surface area contributed by atoms with E-state index in [1.54, 1.807) is 6.07 Å². The second kappa shape index (κ2) is 9.78. The van der Waals surface area contributed by atoms with Crippen LogP contribution in [-0.4, -0.2) is 37.0 Å². The van der Waals surface area contributed by atoms with E-state index in [2.05, 4.69) is 10.1 Å². The highest BCUT2D eigenvalue weighted by molar-refractivity contribution is 5.74. The van der Waals surface area contributed by atoms with Crippen LogP contribution in [0.1, 0.15) is 37.8 Å². The summed E-state index contributed by atoms with van der Waals surface area (Å²) in [5, 5.41) is 12.3. The van der Waals surface area contributed by atoms with Gasteiger partial charge in [-0.3, -0.25) is 0 Å². The Hall–Kier alpha value is -2.15. The van der Waals surface area contributed by atoms with Crippen molar-refractivity contribution in [3.05, 3.63) is 35.6 Å². The van der Waals surface area contributed by atoms with Gasteiger partial charge in [0.15, 0.2) is 6.10 Å². The maximum Gasteiger partial charge on any atom is 0.407 e. The Morgan fingerprint density at radius 3 is 2.74 bits per heavy atom. The fourth-order valence-corrected chi connectivity index (χ4v) is 1.95. The first kappa shape index (κ1) is 18.9. The average molecular weight is 327 g/mol. The van der Waals surface area contributed by atoms with E-state index in [1.807, 2.05) is 6.92 Å². The molecule has 2 unspecified atom stereocenters. The molecule has 1 amide bonds. The maximum absolute atomic E-state index is 13.4. The number of rotatable bonds is 8. The lowest BCUT2D eigenvalue weighted by Crippen LogP contribution is -2.34. The Balaban J connectivity index is 2.80. The lowest BCUT2D eigenvalue weighted by atomic mass is 10.0. The molecule has 1 aromatic rings. The van der Waals surface area contributed by atoms with E-state index in [4.69, 9.17) is 4.74 Å². The Kier molecular flexibility index (Phi) is 8.04. The van der Waals surface area contributed by atoms with Crippen molar-refractivity contribution in [2.24, 2.45) is 0 Å². The largest absolute Gasteiger partial charge is 0.467 e. The SMILES string of the molecule is CCCCOC(=O)NC(CC(O)C(=O)OC)c1cccc(F)c1. The van der Waals surface area contributed by atoms with E-state index in [0.29, 0.717) is 5.56 Å². The third-order valence-electron chi connectivity index (χ3n) is 3.21. The molecule has 2 atom stereocenters. The van der Waals surface area contributed by atoms with Crippen molar-refractivity contribution in [2.45, 2.75) is 38.3 Å². The van der Waals surface area contributed by atoms with Gasteiger partial charge in [-0.15, -0.1) is 0 Å². The molecule has 0 bridgehead atoms. The summed E-state index contributed by atoms with van der Waals surface area (Å²) in [6, 6.07) is 4.77. The smallest absolute Gasteiger partial charge is 0.407 e. The minimum Gasteiger partial charge on any atom is -0.467 e. The van der Waals surface area contributed by atoms with Crippen molar-refractivity contribution in [1.29, 1.82) is 0 Å². The summed E-state index contributed by atoms with van der Waals surface area (Å²) in [4.78, 5) is 23.1. The van der Waals surface area contributed by atoms with Gasteiger partial charge in [-0.05, 0) is 24.1 Å². The van der Waals surface area contributed by atoms with Crippen molar-refractivity contribution >= 4 is 12.1 Å². The molecule has 0 saturated heterocycles. The Bertz CT molecular complexity index is 523. The first-order valence-corrected chi connectivity index (χ1v) is 7.42. The number of methoxy groups -OCH3 is 1. The average Bonchev–Trinajstić information content (AvgIpc) is 2.53. The monoisotopic (exact) mass is 327 g/mol. The predicted octanol–water partition coefficient (Wildman–Crippen LogP) is 2.32. The summed E-state index contributed by atoms with van der Waals surface area (Å²) < 4.78 is 22.8. The number of unbranched alkanes of at least 4 members (excludes halogenated alkanes) is 1. The summed E-state index contributed by atoms with van der Waals surface area (Å²) in [5.74, 6) is -1.31. The normalized spacial score (nSPS) is 13.0. The van der Waals surface area contributed by atoms with E-state index in [9.17, 15) is 19.1 Å². The summed E-state index contributed by atoms with van der Waals surface area (Å²) >= 11 is 0. The quantitative estimate of drug-likeness (QED) is 0.565. The van der Waals surface area contributed by atoms with Crippen molar-refractivity contribution in [2.75, 3.05) is 13.7 Å². The van der Waals surface area contributed by atoms with Crippen molar-refractivity contribution in [1.82, 2.24) is 5.32 Å². The lowest BCUT2D eigenvalue weighted by Gasteiger charge is -2.21. The number of halogens is 1. The number of hydrogen-bond acceptors (Lipinski definition) is 5. The number of aliphatic hydroxyl groups excluding tert-OH is 1. The zero-order chi connectivity index (χ0) is 17.2. The second-order valence-electron chi connectivity index (χ2n) is 5.02. The number of carbonyl (C=O) groups is 2. The molecule has 0 aliphatic rings. The molecule has 0 spiro atoms. The molecular weight excluding hydrogens is 305 g/mol. The second-order valence-corrected chi connectivity index (χ2v) is 5.02. The number of nitrogens with one attached hydrogen (secondary N) is 1. The van der Waals surface area contributed by atoms with Crippen LogP contribution in [0.3, 0.4) is 0 Å². The molecule has 0 fully saturated rings. The molecule has 7 heteroatoms. The van der Waals surface area contributed by atoms with E-state index in [1.165, 1.54) is 18.2 Å². The van der Waals surface area contributed by atoms with E-state index in [-0.39, 0.29) is 13.0 Å². The third-order valence-corrected chi connectivity index (χ3v) is 3.21. The van der Waals surface area contributed by atoms with Gasteiger partial charge < -0.3 is 19.9 Å². The van der Waals surface area contributed by atoms with Crippen LogP contribution in [0.15, 0.2) is 24.3 Å². The number of aliphatic hydroxyl groups is 1. The third kappa shape index (κ3) is 6.65. The summed E-state index contributed by atoms with van der Waals surface area (Å²) in [5.41, 5.74) is 0.417. The lowest BCUT2D eigenvalue weighted by molar-refractivity contribution is -0.151. The molecule has 0 saturated carbocycles. The predicted molar refractivity (Wildman–Crippen MR) is 81.2 cm³/mol. The number of ether oxygens (including phenoxy) is 2. The number of alkyl carbamates (subject to hydrolysis) is 1. The van der Waals surface area contributed by atoms with Crippen molar-refractivity contribution < 1.29 is 28.6 Å². The Morgan fingerprint density at radius 2 is 2.13 bits per heavy atom. The molecule has 1 rings (SSSR count). The van der Waals surface area contributed by atoms with Gasteiger partial charge in [0.2, 0.25) is 0 Å². The molecule has 0 aliphatic carbocycles. The molecule has 6 nitrogen and oxygen atoms in total. The number of benzene rings is 1. The topological polar surface area (TPSA) is 84.9 Å². The minimum absolute atomic E-state index is 0.154. The summed E-state index contributed by atoms with van der Waals surface area (Å²) in [7, 11) is 1.15. The zero-order valence-corrected chi connectivity index (χ0v) is 13.3. The number of hydrogen-bond donors (Lipinski definition) is 2. The molecule has 2 N–H and O–H groups in total. The van der Waals surface area contributed by atoms with Crippen LogP contribution in [-0.2, 0) is 14.3 Å². The van der Waals surface area contributed by atoms with Gasteiger partial charge in [-0.1, -0.05) is 25.5 Å².